The number of hydrogen-bond donors (Lipinski definition) is 3. The molecule has 0 aromatic heterocycles. The number of hydrogen-bond acceptors (Lipinski definition) is 6. The molecule has 0 radical (unpaired) electrons. The van der Waals surface area contributed by atoms with Gasteiger partial charge in [0.2, 0.25) is 5.91 Å². The summed E-state index contributed by atoms with van der Waals surface area (Å²) in [6.45, 7) is 10.2. The summed E-state index contributed by atoms with van der Waals surface area (Å²) in [6, 6.07) is 5.72. The largest absolute Gasteiger partial charge is 0.458 e. The number of benzene rings is 1. The number of nitrogens with one attached hydrogen (secondary N) is 2. The number of aliphatic hydroxyl groups is 1. The molecule has 2 amide bonds. The summed E-state index contributed by atoms with van der Waals surface area (Å²) in [6.07, 6.45) is -0.718. The lowest BCUT2D eigenvalue weighted by atomic mass is 10.1. The summed E-state index contributed by atoms with van der Waals surface area (Å²) in [7, 11) is 0. The second-order valence-electron chi connectivity index (χ2n) is 8.67. The molecule has 0 heterocycles. The monoisotopic (exact) mass is 408 g/mol. The van der Waals surface area contributed by atoms with Gasteiger partial charge in [0, 0.05) is 12.1 Å². The Balaban J connectivity index is 2.72. The second-order valence-corrected chi connectivity index (χ2v) is 8.67. The van der Waals surface area contributed by atoms with Gasteiger partial charge in [-0.05, 0) is 65.7 Å². The third kappa shape index (κ3) is 10.5. The number of amides is 2. The molecule has 0 unspecified atom stereocenters. The van der Waals surface area contributed by atoms with Gasteiger partial charge in [-0.3, -0.25) is 4.79 Å². The van der Waals surface area contributed by atoms with E-state index >= 15 is 0 Å². The highest BCUT2D eigenvalue weighted by molar-refractivity contribution is 5.91. The molecule has 1 aromatic carbocycles. The van der Waals surface area contributed by atoms with Crippen LogP contribution in [-0.4, -0.2) is 40.3 Å². The summed E-state index contributed by atoms with van der Waals surface area (Å²) in [5.41, 5.74) is -0.154. The molecule has 1 aromatic rings. The highest BCUT2D eigenvalue weighted by atomic mass is 16.6. The molecule has 1 rings (SSSR count). The van der Waals surface area contributed by atoms with Crippen LogP contribution >= 0.6 is 0 Å². The molecule has 1 atom stereocenters. The minimum absolute atomic E-state index is 0.0124. The van der Waals surface area contributed by atoms with Crippen LogP contribution in [0.1, 0.15) is 59.9 Å². The lowest BCUT2D eigenvalue weighted by Gasteiger charge is -2.26. The van der Waals surface area contributed by atoms with Gasteiger partial charge in [-0.25, -0.2) is 9.59 Å². The first-order valence-electron chi connectivity index (χ1n) is 9.51. The Labute approximate surface area is 172 Å². The summed E-state index contributed by atoms with van der Waals surface area (Å²) < 4.78 is 10.5. The van der Waals surface area contributed by atoms with Gasteiger partial charge in [0.1, 0.15) is 17.2 Å². The predicted octanol–water partition coefficient (Wildman–Crippen LogP) is 3.13. The molecule has 29 heavy (non-hydrogen) atoms. The average molecular weight is 408 g/mol. The van der Waals surface area contributed by atoms with E-state index in [1.807, 2.05) is 0 Å². The van der Waals surface area contributed by atoms with E-state index in [9.17, 15) is 14.4 Å². The van der Waals surface area contributed by atoms with Crippen LogP contribution in [0, 0.1) is 0 Å². The van der Waals surface area contributed by atoms with Gasteiger partial charge in [-0.2, -0.15) is 0 Å². The summed E-state index contributed by atoms with van der Waals surface area (Å²) in [5.74, 6) is -0.954. The van der Waals surface area contributed by atoms with E-state index < -0.39 is 29.3 Å². The normalized spacial score (nSPS) is 12.7. The molecule has 0 bridgehead atoms. The molecule has 8 heteroatoms. The molecule has 0 saturated heterocycles. The van der Waals surface area contributed by atoms with Crippen LogP contribution in [0.3, 0.4) is 0 Å². The number of aliphatic hydroxyl groups excluding tert-OH is 1. The van der Waals surface area contributed by atoms with E-state index in [2.05, 4.69) is 10.6 Å². The third-order valence-corrected chi connectivity index (χ3v) is 3.46. The van der Waals surface area contributed by atoms with Crippen LogP contribution in [-0.2, 0) is 25.7 Å². The molecule has 162 valence electrons. The molecule has 0 spiro atoms. The molecule has 0 aliphatic rings. The zero-order chi connectivity index (χ0) is 22.2. The summed E-state index contributed by atoms with van der Waals surface area (Å²) in [4.78, 5) is 36.8. The first kappa shape index (κ1) is 24.4. The fraction of sp³-hybridized carbons (Fsp3) is 0.571. The molecule has 0 aliphatic heterocycles. The zero-order valence-corrected chi connectivity index (χ0v) is 18.0. The van der Waals surface area contributed by atoms with E-state index in [-0.39, 0.29) is 25.4 Å². The number of carbonyl (C=O) groups is 3. The van der Waals surface area contributed by atoms with Crippen LogP contribution in [0.25, 0.3) is 0 Å². The predicted molar refractivity (Wildman–Crippen MR) is 109 cm³/mol. The molecule has 3 N–H and O–H groups in total. The smallest absolute Gasteiger partial charge is 0.408 e. The maximum absolute atomic E-state index is 12.5. The topological polar surface area (TPSA) is 114 Å². The van der Waals surface area contributed by atoms with E-state index in [0.29, 0.717) is 5.69 Å². The van der Waals surface area contributed by atoms with Crippen molar-refractivity contribution in [1.29, 1.82) is 0 Å². The van der Waals surface area contributed by atoms with E-state index in [4.69, 9.17) is 14.6 Å². The Morgan fingerprint density at radius 2 is 1.52 bits per heavy atom. The first-order chi connectivity index (χ1) is 13.3. The van der Waals surface area contributed by atoms with Crippen molar-refractivity contribution < 1.29 is 29.0 Å². The Morgan fingerprint density at radius 3 is 2.00 bits per heavy atom. The van der Waals surface area contributed by atoms with Crippen LogP contribution in [0.15, 0.2) is 24.3 Å². The quantitative estimate of drug-likeness (QED) is 0.597. The van der Waals surface area contributed by atoms with Crippen molar-refractivity contribution in [3.05, 3.63) is 29.8 Å². The highest BCUT2D eigenvalue weighted by Crippen LogP contribution is 2.14. The van der Waals surface area contributed by atoms with Gasteiger partial charge < -0.3 is 25.2 Å². The molecule has 0 saturated carbocycles. The molecule has 0 fully saturated rings. The van der Waals surface area contributed by atoms with E-state index in [1.165, 1.54) is 0 Å². The van der Waals surface area contributed by atoms with Crippen molar-refractivity contribution in [3.63, 3.8) is 0 Å². The maximum Gasteiger partial charge on any atom is 0.408 e. The lowest BCUT2D eigenvalue weighted by Crippen LogP contribution is -2.46. The third-order valence-electron chi connectivity index (χ3n) is 3.46. The molecule has 8 nitrogen and oxygen atoms in total. The lowest BCUT2D eigenvalue weighted by molar-refractivity contribution is -0.157. The van der Waals surface area contributed by atoms with Gasteiger partial charge in [-0.15, -0.1) is 0 Å². The minimum Gasteiger partial charge on any atom is -0.458 e. The number of carbonyl (C=O) groups excluding carboxylic acids is 3. The summed E-state index contributed by atoms with van der Waals surface area (Å²) in [5, 5.41) is 14.3. The molecule has 0 aliphatic carbocycles. The van der Waals surface area contributed by atoms with Crippen LogP contribution < -0.4 is 10.6 Å². The highest BCUT2D eigenvalue weighted by Gasteiger charge is 2.29. The Kier molecular flexibility index (Phi) is 8.63. The van der Waals surface area contributed by atoms with E-state index in [1.54, 1.807) is 65.8 Å². The van der Waals surface area contributed by atoms with Gasteiger partial charge in [0.25, 0.3) is 0 Å². The van der Waals surface area contributed by atoms with Gasteiger partial charge >= 0.3 is 12.1 Å². The van der Waals surface area contributed by atoms with Crippen molar-refractivity contribution in [2.75, 3.05) is 5.32 Å². The Bertz CT molecular complexity index is 701. The van der Waals surface area contributed by atoms with Crippen LogP contribution in [0.5, 0.6) is 0 Å². The maximum atomic E-state index is 12.5. The van der Waals surface area contributed by atoms with Crippen molar-refractivity contribution in [1.82, 2.24) is 5.32 Å². The minimum atomic E-state index is -1.02. The number of rotatable bonds is 7. The average Bonchev–Trinajstić information content (AvgIpc) is 2.56. The van der Waals surface area contributed by atoms with Gasteiger partial charge in [0.05, 0.1) is 6.61 Å². The van der Waals surface area contributed by atoms with Crippen LogP contribution in [0.4, 0.5) is 10.5 Å². The number of anilines is 1. The van der Waals surface area contributed by atoms with Crippen molar-refractivity contribution in [2.45, 2.75) is 78.2 Å². The Morgan fingerprint density at radius 1 is 0.966 bits per heavy atom. The molecular weight excluding hydrogens is 376 g/mol. The van der Waals surface area contributed by atoms with E-state index in [0.717, 1.165) is 5.56 Å². The van der Waals surface area contributed by atoms with Crippen LogP contribution in [0.2, 0.25) is 0 Å². The zero-order valence-electron chi connectivity index (χ0n) is 18.0. The number of alkyl carbamates (subject to hydrolysis) is 1. The first-order valence-corrected chi connectivity index (χ1v) is 9.51. The van der Waals surface area contributed by atoms with Gasteiger partial charge in [0.15, 0.2) is 0 Å². The Hall–Kier alpha value is -2.61. The molecular formula is C21H32N2O6. The number of ether oxygens (including phenoxy) is 2. The van der Waals surface area contributed by atoms with Crippen molar-refractivity contribution >= 4 is 23.7 Å². The standard InChI is InChI=1S/C21H32N2O6/c1-20(2,3)28-18(26)16(23-19(27)29-21(4,5)6)11-12-17(25)22-15-9-7-14(13-24)8-10-15/h7-10,16,24H,11-13H2,1-6H3,(H,22,25)(H,23,27)/t16-/m0/s1. The fourth-order valence-electron chi connectivity index (χ4n) is 2.26. The second kappa shape index (κ2) is 10.2. The van der Waals surface area contributed by atoms with Crippen molar-refractivity contribution in [2.24, 2.45) is 0 Å². The van der Waals surface area contributed by atoms with Gasteiger partial charge in [-0.1, -0.05) is 12.1 Å². The fourth-order valence-corrected chi connectivity index (χ4v) is 2.26. The summed E-state index contributed by atoms with van der Waals surface area (Å²) >= 11 is 0. The SMILES string of the molecule is CC(C)(C)OC(=O)N[C@@H](CCC(=O)Nc1ccc(CO)cc1)C(=O)OC(C)(C)C. The van der Waals surface area contributed by atoms with Crippen molar-refractivity contribution in [3.8, 4) is 0 Å². The number of esters is 1.